The van der Waals surface area contributed by atoms with E-state index in [1.807, 2.05) is 20.8 Å². The molecule has 1 aliphatic heterocycles. The molecule has 0 saturated carbocycles. The fourth-order valence-corrected chi connectivity index (χ4v) is 1.70. The highest BCUT2D eigenvalue weighted by molar-refractivity contribution is 5.66. The van der Waals surface area contributed by atoms with Gasteiger partial charge in [0, 0.05) is 12.8 Å². The van der Waals surface area contributed by atoms with Crippen LogP contribution in [0.15, 0.2) is 0 Å². The molecule has 15 heavy (non-hydrogen) atoms. The smallest absolute Gasteiger partial charge is 0.303 e. The van der Waals surface area contributed by atoms with Gasteiger partial charge in [-0.15, -0.1) is 0 Å². The van der Waals surface area contributed by atoms with E-state index in [1.165, 1.54) is 6.92 Å². The molecule has 0 aromatic carbocycles. The van der Waals surface area contributed by atoms with E-state index in [1.54, 1.807) is 0 Å². The Morgan fingerprint density at radius 3 is 2.27 bits per heavy atom. The molecule has 0 aromatic rings. The summed E-state index contributed by atoms with van der Waals surface area (Å²) in [7, 11) is 0. The topological polar surface area (TPSA) is 35.5 Å². The van der Waals surface area contributed by atoms with Crippen molar-refractivity contribution in [2.75, 3.05) is 6.61 Å². The molecule has 0 radical (unpaired) electrons. The largest absolute Gasteiger partial charge is 0.460 e. The van der Waals surface area contributed by atoms with Crippen LogP contribution >= 0.6 is 0 Å². The summed E-state index contributed by atoms with van der Waals surface area (Å²) in [6.45, 7) is 12.4. The van der Waals surface area contributed by atoms with Gasteiger partial charge in [-0.2, -0.15) is 0 Å². The van der Waals surface area contributed by atoms with Gasteiger partial charge in [0.15, 0.2) is 0 Å². The maximum Gasteiger partial charge on any atom is 0.303 e. The van der Waals surface area contributed by atoms with Crippen LogP contribution in [-0.2, 0) is 14.3 Å². The number of carbonyl (C=O) groups is 1. The second-order valence-corrected chi connectivity index (χ2v) is 3.95. The lowest BCUT2D eigenvalue weighted by Gasteiger charge is -2.37. The molecule has 0 bridgehead atoms. The van der Waals surface area contributed by atoms with Crippen LogP contribution in [0.3, 0.4) is 0 Å². The Labute approximate surface area is 93.1 Å². The van der Waals surface area contributed by atoms with Gasteiger partial charge in [-0.05, 0) is 12.8 Å². The second kappa shape index (κ2) is 6.83. The molecule has 1 heterocycles. The zero-order valence-electron chi connectivity index (χ0n) is 10.7. The number of hydrogen-bond donors (Lipinski definition) is 0. The van der Waals surface area contributed by atoms with Gasteiger partial charge < -0.3 is 9.47 Å². The van der Waals surface area contributed by atoms with E-state index >= 15 is 0 Å². The van der Waals surface area contributed by atoms with E-state index in [0.717, 1.165) is 6.61 Å². The Morgan fingerprint density at radius 1 is 1.27 bits per heavy atom. The van der Waals surface area contributed by atoms with Crippen LogP contribution in [0.5, 0.6) is 0 Å². The summed E-state index contributed by atoms with van der Waals surface area (Å²) in [5, 5.41) is 0. The third-order valence-electron chi connectivity index (χ3n) is 2.80. The van der Waals surface area contributed by atoms with E-state index in [9.17, 15) is 4.79 Å². The molecule has 4 atom stereocenters. The summed E-state index contributed by atoms with van der Waals surface area (Å²) in [4.78, 5) is 10.8. The summed E-state index contributed by atoms with van der Waals surface area (Å²) in [6, 6.07) is 0. The Balaban J connectivity index is 0.000000921. The molecule has 0 aromatic heterocycles. The molecule has 1 fully saturated rings. The van der Waals surface area contributed by atoms with Crippen molar-refractivity contribution in [3.8, 4) is 0 Å². The molecule has 3 heteroatoms. The van der Waals surface area contributed by atoms with Crippen molar-refractivity contribution < 1.29 is 14.3 Å². The van der Waals surface area contributed by atoms with Gasteiger partial charge in [-0.3, -0.25) is 4.79 Å². The molecule has 1 aliphatic rings. The molecule has 3 nitrogen and oxygen atoms in total. The predicted octanol–water partition coefficient (Wildman–Crippen LogP) is 2.64. The minimum Gasteiger partial charge on any atom is -0.460 e. The van der Waals surface area contributed by atoms with Gasteiger partial charge in [-0.1, -0.05) is 27.7 Å². The van der Waals surface area contributed by atoms with Gasteiger partial charge >= 0.3 is 5.97 Å². The highest BCUT2D eigenvalue weighted by Gasteiger charge is 2.35. The lowest BCUT2D eigenvalue weighted by atomic mass is 9.86. The van der Waals surface area contributed by atoms with Gasteiger partial charge in [0.1, 0.15) is 6.10 Å². The average molecular weight is 216 g/mol. The SMILES string of the molecule is CC.CC(=O)O[C@H]1[C@H](C)[C@H](C)CO[C@@H]1C. The van der Waals surface area contributed by atoms with Crippen LogP contribution in [-0.4, -0.2) is 24.8 Å². The number of rotatable bonds is 1. The molecule has 1 rings (SSSR count). The van der Waals surface area contributed by atoms with Crippen molar-refractivity contribution in [1.82, 2.24) is 0 Å². The molecule has 0 aliphatic carbocycles. The summed E-state index contributed by atoms with van der Waals surface area (Å²) in [5.74, 6) is 0.620. The van der Waals surface area contributed by atoms with Crippen molar-refractivity contribution in [3.63, 3.8) is 0 Å². The van der Waals surface area contributed by atoms with Crippen LogP contribution in [0.4, 0.5) is 0 Å². The molecule has 0 N–H and O–H groups in total. The first-order valence-corrected chi connectivity index (χ1v) is 5.81. The van der Waals surface area contributed by atoms with Gasteiger partial charge in [0.25, 0.3) is 0 Å². The fraction of sp³-hybridized carbons (Fsp3) is 0.917. The molecular formula is C12H24O3. The summed E-state index contributed by atoms with van der Waals surface area (Å²) in [6.07, 6.45) is -0.0589. The predicted molar refractivity (Wildman–Crippen MR) is 60.6 cm³/mol. The summed E-state index contributed by atoms with van der Waals surface area (Å²) >= 11 is 0. The van der Waals surface area contributed by atoms with Crippen molar-refractivity contribution >= 4 is 5.97 Å². The lowest BCUT2D eigenvalue weighted by molar-refractivity contribution is -0.173. The van der Waals surface area contributed by atoms with Crippen molar-refractivity contribution in [3.05, 3.63) is 0 Å². The minimum absolute atomic E-state index is 0.0232. The van der Waals surface area contributed by atoms with E-state index in [4.69, 9.17) is 9.47 Å². The summed E-state index contributed by atoms with van der Waals surface area (Å²) in [5.41, 5.74) is 0. The quantitative estimate of drug-likeness (QED) is 0.632. The van der Waals surface area contributed by atoms with E-state index in [2.05, 4.69) is 13.8 Å². The Hall–Kier alpha value is -0.570. The molecule has 1 saturated heterocycles. The van der Waals surface area contributed by atoms with E-state index < -0.39 is 0 Å². The highest BCUT2D eigenvalue weighted by Crippen LogP contribution is 2.27. The normalized spacial score (nSPS) is 35.1. The number of hydrogen-bond acceptors (Lipinski definition) is 3. The van der Waals surface area contributed by atoms with Gasteiger partial charge in [0.2, 0.25) is 0 Å². The first-order valence-electron chi connectivity index (χ1n) is 5.81. The average Bonchev–Trinajstić information content (AvgIpc) is 2.21. The Morgan fingerprint density at radius 2 is 1.80 bits per heavy atom. The maximum atomic E-state index is 10.8. The molecule has 0 amide bonds. The molecule has 90 valence electrons. The maximum absolute atomic E-state index is 10.8. The van der Waals surface area contributed by atoms with E-state index in [0.29, 0.717) is 11.8 Å². The fourth-order valence-electron chi connectivity index (χ4n) is 1.70. The summed E-state index contributed by atoms with van der Waals surface area (Å²) < 4.78 is 10.7. The van der Waals surface area contributed by atoms with Crippen molar-refractivity contribution in [1.29, 1.82) is 0 Å². The van der Waals surface area contributed by atoms with Crippen LogP contribution in [0.25, 0.3) is 0 Å². The first kappa shape index (κ1) is 14.4. The van der Waals surface area contributed by atoms with Crippen LogP contribution in [0, 0.1) is 11.8 Å². The molecule has 0 spiro atoms. The van der Waals surface area contributed by atoms with Crippen molar-refractivity contribution in [2.24, 2.45) is 11.8 Å². The lowest BCUT2D eigenvalue weighted by Crippen LogP contribution is -2.45. The third kappa shape index (κ3) is 4.20. The van der Waals surface area contributed by atoms with E-state index in [-0.39, 0.29) is 18.2 Å². The van der Waals surface area contributed by atoms with Crippen LogP contribution in [0.2, 0.25) is 0 Å². The van der Waals surface area contributed by atoms with Gasteiger partial charge in [0.05, 0.1) is 12.7 Å². The Bertz CT molecular complexity index is 191. The molecule has 0 unspecified atom stereocenters. The first-order chi connectivity index (χ1) is 7.02. The number of ether oxygens (including phenoxy) is 2. The monoisotopic (exact) mass is 216 g/mol. The van der Waals surface area contributed by atoms with Gasteiger partial charge in [-0.25, -0.2) is 0 Å². The number of carbonyl (C=O) groups excluding carboxylic acids is 1. The molecular weight excluding hydrogens is 192 g/mol. The zero-order valence-corrected chi connectivity index (χ0v) is 10.7. The van der Waals surface area contributed by atoms with Crippen LogP contribution < -0.4 is 0 Å². The standard InChI is InChI=1S/C10H18O3.C2H6/c1-6-5-12-8(3)10(7(6)2)13-9(4)11;1-2/h6-8,10H,5H2,1-4H3;1-2H3/t6-,7-,8-,10+;/m1./s1. The highest BCUT2D eigenvalue weighted by atomic mass is 16.6. The minimum atomic E-state index is -0.221. The third-order valence-corrected chi connectivity index (χ3v) is 2.80. The van der Waals surface area contributed by atoms with Crippen molar-refractivity contribution in [2.45, 2.75) is 53.8 Å². The Kier molecular flexibility index (Phi) is 6.57. The zero-order chi connectivity index (χ0) is 12.0. The van der Waals surface area contributed by atoms with Crippen LogP contribution in [0.1, 0.15) is 41.5 Å². The second-order valence-electron chi connectivity index (χ2n) is 3.95. The number of esters is 1.